The molecule has 2 aromatic carbocycles. The molecule has 3 aromatic heterocycles. The second kappa shape index (κ2) is 11.8. The Labute approximate surface area is 246 Å². The van der Waals surface area contributed by atoms with Gasteiger partial charge in [0.2, 0.25) is 5.88 Å². The van der Waals surface area contributed by atoms with Gasteiger partial charge >= 0.3 is 5.97 Å². The van der Waals surface area contributed by atoms with Crippen LogP contribution >= 0.6 is 11.6 Å². The number of aryl methyl sites for hydroxylation is 1. The Balaban J connectivity index is 1.22. The lowest BCUT2D eigenvalue weighted by molar-refractivity contribution is -0.0589. The second-order valence-electron chi connectivity index (χ2n) is 10.0. The van der Waals surface area contributed by atoms with Crippen LogP contribution in [0.5, 0.6) is 5.88 Å². The largest absolute Gasteiger partial charge is 0.473 e. The number of carbonyl (C=O) groups is 1. The van der Waals surface area contributed by atoms with E-state index < -0.39 is 11.8 Å². The van der Waals surface area contributed by atoms with Crippen molar-refractivity contribution in [2.45, 2.75) is 39.0 Å². The first kappa shape index (κ1) is 27.7. The number of hydrogen-bond donors (Lipinski definition) is 0. The minimum Gasteiger partial charge on any atom is -0.473 e. The van der Waals surface area contributed by atoms with E-state index in [1.807, 2.05) is 19.1 Å². The van der Waals surface area contributed by atoms with Gasteiger partial charge in [-0.3, -0.25) is 0 Å². The SMILES string of the molecule is COC(=O)c1cc(C)c2nc(Cc3ncc(-c4cccc(OCc5ccc(Cl)cc5F)n4)cn3)n(C[C@@H]3CCO3)c2c1. The molecule has 9 nitrogen and oxygen atoms in total. The van der Waals surface area contributed by atoms with E-state index in [0.29, 0.717) is 52.1 Å². The molecule has 1 atom stereocenters. The molecule has 0 bridgehead atoms. The average Bonchev–Trinajstić information content (AvgIpc) is 3.31. The molecule has 0 unspecified atom stereocenters. The van der Waals surface area contributed by atoms with Gasteiger partial charge in [-0.15, -0.1) is 0 Å². The minimum atomic E-state index is -0.435. The molecule has 6 rings (SSSR count). The van der Waals surface area contributed by atoms with Crippen LogP contribution in [0.1, 0.15) is 39.6 Å². The van der Waals surface area contributed by atoms with E-state index in [9.17, 15) is 9.18 Å². The monoisotopic (exact) mass is 587 g/mol. The molecule has 1 aliphatic heterocycles. The zero-order valence-corrected chi connectivity index (χ0v) is 23.8. The fraction of sp³-hybridized carbons (Fsp3) is 0.258. The number of hydrogen-bond acceptors (Lipinski definition) is 8. The normalized spacial score (nSPS) is 14.5. The van der Waals surface area contributed by atoms with Gasteiger partial charge in [0.05, 0.1) is 48.5 Å². The van der Waals surface area contributed by atoms with Crippen molar-refractivity contribution < 1.29 is 23.4 Å². The van der Waals surface area contributed by atoms with Crippen LogP contribution in [-0.4, -0.2) is 50.3 Å². The summed E-state index contributed by atoms with van der Waals surface area (Å²) in [5, 5.41) is 0.326. The number of carbonyl (C=O) groups excluding carboxylic acids is 1. The molecule has 1 aliphatic rings. The Morgan fingerprint density at radius 2 is 1.95 bits per heavy atom. The van der Waals surface area contributed by atoms with E-state index in [-0.39, 0.29) is 12.7 Å². The first-order chi connectivity index (χ1) is 20.4. The highest BCUT2D eigenvalue weighted by Crippen LogP contribution is 2.27. The lowest BCUT2D eigenvalue weighted by Gasteiger charge is -2.27. The number of nitrogens with zero attached hydrogens (tertiary/aromatic N) is 5. The van der Waals surface area contributed by atoms with Crippen molar-refractivity contribution in [1.82, 2.24) is 24.5 Å². The van der Waals surface area contributed by atoms with Gasteiger partial charge in [-0.05, 0) is 49.2 Å². The number of fused-ring (bicyclic) bond motifs is 1. The molecule has 1 saturated heterocycles. The van der Waals surface area contributed by atoms with E-state index >= 15 is 0 Å². The van der Waals surface area contributed by atoms with Gasteiger partial charge in [-0.1, -0.05) is 23.7 Å². The van der Waals surface area contributed by atoms with Gasteiger partial charge in [-0.2, -0.15) is 0 Å². The number of pyridine rings is 1. The lowest BCUT2D eigenvalue weighted by atomic mass is 10.1. The molecule has 11 heteroatoms. The smallest absolute Gasteiger partial charge is 0.337 e. The molecule has 0 aliphatic carbocycles. The van der Waals surface area contributed by atoms with Crippen LogP contribution in [-0.2, 0) is 29.0 Å². The molecule has 42 heavy (non-hydrogen) atoms. The number of methoxy groups -OCH3 is 1. The summed E-state index contributed by atoms with van der Waals surface area (Å²) in [4.78, 5) is 30.9. The standard InChI is InChI=1S/C31H27ClFN5O4/c1-18-10-20(31(39)40-2)11-26-30(18)37-28(38(26)16-23-8-9-41-23)13-27-34-14-21(15-35-27)25-4-3-5-29(36-25)42-17-19-6-7-22(32)12-24(19)33/h3-7,10-12,14-15,23H,8-9,13,16-17H2,1-2H3/t23-/m0/s1. The topological polar surface area (TPSA) is 101 Å². The Bertz CT molecular complexity index is 1770. The van der Waals surface area contributed by atoms with Crippen molar-refractivity contribution in [3.05, 3.63) is 100 Å². The Hall–Kier alpha value is -4.41. The number of rotatable bonds is 9. The maximum atomic E-state index is 14.1. The molecule has 0 N–H and O–H groups in total. The van der Waals surface area contributed by atoms with Crippen molar-refractivity contribution in [2.24, 2.45) is 0 Å². The maximum Gasteiger partial charge on any atom is 0.337 e. The Morgan fingerprint density at radius 3 is 2.67 bits per heavy atom. The number of halogens is 2. The van der Waals surface area contributed by atoms with Crippen LogP contribution in [0.25, 0.3) is 22.3 Å². The van der Waals surface area contributed by atoms with E-state index in [4.69, 9.17) is 30.8 Å². The number of imidazole rings is 1. The van der Waals surface area contributed by atoms with Crippen LogP contribution in [0.4, 0.5) is 4.39 Å². The predicted octanol–water partition coefficient (Wildman–Crippen LogP) is 5.73. The van der Waals surface area contributed by atoms with Gasteiger partial charge in [0.25, 0.3) is 0 Å². The van der Waals surface area contributed by atoms with Crippen molar-refractivity contribution in [2.75, 3.05) is 13.7 Å². The summed E-state index contributed by atoms with van der Waals surface area (Å²) in [6.45, 7) is 3.30. The fourth-order valence-electron chi connectivity index (χ4n) is 4.81. The molecule has 4 heterocycles. The predicted molar refractivity (Wildman–Crippen MR) is 154 cm³/mol. The lowest BCUT2D eigenvalue weighted by Crippen LogP contribution is -2.31. The zero-order valence-electron chi connectivity index (χ0n) is 23.0. The Kier molecular flexibility index (Phi) is 7.82. The van der Waals surface area contributed by atoms with Crippen molar-refractivity contribution in [3.8, 4) is 17.1 Å². The number of aromatic nitrogens is 5. The average molecular weight is 588 g/mol. The van der Waals surface area contributed by atoms with E-state index in [0.717, 1.165) is 35.4 Å². The van der Waals surface area contributed by atoms with Gasteiger partial charge in [0.15, 0.2) is 0 Å². The highest BCUT2D eigenvalue weighted by Gasteiger charge is 2.24. The summed E-state index contributed by atoms with van der Waals surface area (Å²) in [6, 6.07) is 13.4. The summed E-state index contributed by atoms with van der Waals surface area (Å²) < 4.78 is 32.6. The van der Waals surface area contributed by atoms with E-state index in [1.165, 1.54) is 13.2 Å². The van der Waals surface area contributed by atoms with Crippen LogP contribution in [0.2, 0.25) is 5.02 Å². The zero-order chi connectivity index (χ0) is 29.2. The molecule has 214 valence electrons. The van der Waals surface area contributed by atoms with Crippen LogP contribution < -0.4 is 4.74 Å². The van der Waals surface area contributed by atoms with Gasteiger partial charge in [0.1, 0.15) is 24.1 Å². The molecule has 0 saturated carbocycles. The minimum absolute atomic E-state index is 0.0163. The number of esters is 1. The van der Waals surface area contributed by atoms with Crippen molar-refractivity contribution in [3.63, 3.8) is 0 Å². The summed E-state index contributed by atoms with van der Waals surface area (Å²) in [5.74, 6) is 0.881. The van der Waals surface area contributed by atoms with Crippen LogP contribution in [0.3, 0.4) is 0 Å². The summed E-state index contributed by atoms with van der Waals surface area (Å²) in [7, 11) is 1.37. The third-order valence-corrected chi connectivity index (χ3v) is 7.39. The molecule has 0 radical (unpaired) electrons. The van der Waals surface area contributed by atoms with Gasteiger partial charge < -0.3 is 18.8 Å². The Morgan fingerprint density at radius 1 is 1.14 bits per heavy atom. The summed E-state index contributed by atoms with van der Waals surface area (Å²) in [6.07, 6.45) is 4.84. The molecule has 0 spiro atoms. The molecular weight excluding hydrogens is 561 g/mol. The summed E-state index contributed by atoms with van der Waals surface area (Å²) in [5.41, 5.74) is 4.72. The van der Waals surface area contributed by atoms with Crippen LogP contribution in [0, 0.1) is 12.7 Å². The highest BCUT2D eigenvalue weighted by molar-refractivity contribution is 6.30. The van der Waals surface area contributed by atoms with Gasteiger partial charge in [-0.25, -0.2) is 29.1 Å². The highest BCUT2D eigenvalue weighted by atomic mass is 35.5. The second-order valence-corrected chi connectivity index (χ2v) is 10.5. The number of ether oxygens (including phenoxy) is 3. The number of benzene rings is 2. The molecular formula is C31H27ClFN5O4. The first-order valence-corrected chi connectivity index (χ1v) is 13.8. The maximum absolute atomic E-state index is 14.1. The first-order valence-electron chi connectivity index (χ1n) is 13.4. The third kappa shape index (κ3) is 5.81. The molecule has 5 aromatic rings. The van der Waals surface area contributed by atoms with Gasteiger partial charge in [0, 0.05) is 41.2 Å². The molecule has 1 fully saturated rings. The summed E-state index contributed by atoms with van der Waals surface area (Å²) >= 11 is 5.83. The van der Waals surface area contributed by atoms with Crippen molar-refractivity contribution >= 4 is 28.6 Å². The third-order valence-electron chi connectivity index (χ3n) is 7.16. The van der Waals surface area contributed by atoms with E-state index in [2.05, 4.69) is 19.5 Å². The fourth-order valence-corrected chi connectivity index (χ4v) is 4.97. The van der Waals surface area contributed by atoms with E-state index in [1.54, 1.807) is 42.7 Å². The quantitative estimate of drug-likeness (QED) is 0.201. The van der Waals surface area contributed by atoms with Crippen LogP contribution in [0.15, 0.2) is 60.9 Å². The molecule has 0 amide bonds. The van der Waals surface area contributed by atoms with Crippen molar-refractivity contribution in [1.29, 1.82) is 0 Å².